The number of nitrogens with zero attached hydrogens (tertiary/aromatic N) is 1. The largest absolute Gasteiger partial charge is 0.454 e. The van der Waals surface area contributed by atoms with E-state index in [0.717, 1.165) is 47.1 Å². The molecule has 1 saturated carbocycles. The number of alkyl carbamates (subject to hydrolysis) is 1. The third-order valence-electron chi connectivity index (χ3n) is 7.44. The van der Waals surface area contributed by atoms with Crippen LogP contribution in [0.2, 0.25) is 0 Å². The van der Waals surface area contributed by atoms with Gasteiger partial charge in [-0.3, -0.25) is 9.89 Å². The van der Waals surface area contributed by atoms with E-state index in [2.05, 4.69) is 15.5 Å². The van der Waals surface area contributed by atoms with Crippen LogP contribution in [0.25, 0.3) is 44.5 Å². The molecule has 2 aromatic heterocycles. The number of ether oxygens (including phenoxy) is 1. The van der Waals surface area contributed by atoms with E-state index in [0.29, 0.717) is 22.3 Å². The van der Waals surface area contributed by atoms with Crippen LogP contribution in [0.15, 0.2) is 94.4 Å². The zero-order valence-electron chi connectivity index (χ0n) is 22.8. The summed E-state index contributed by atoms with van der Waals surface area (Å²) in [6, 6.07) is 23.1. The van der Waals surface area contributed by atoms with Crippen LogP contribution < -0.4 is 10.7 Å². The minimum absolute atomic E-state index is 0.108. The van der Waals surface area contributed by atoms with Crippen LogP contribution >= 0.6 is 0 Å². The van der Waals surface area contributed by atoms with Gasteiger partial charge in [0.05, 0.1) is 22.7 Å². The maximum atomic E-state index is 14.1. The molecule has 6 rings (SSSR count). The number of aromatic amines is 1. The van der Waals surface area contributed by atoms with E-state index in [1.165, 1.54) is 0 Å². The van der Waals surface area contributed by atoms with E-state index in [1.807, 2.05) is 87.5 Å². The van der Waals surface area contributed by atoms with Crippen LogP contribution in [0.4, 0.5) is 4.79 Å². The molecule has 0 atom stereocenters. The van der Waals surface area contributed by atoms with Gasteiger partial charge in [-0.05, 0) is 57.2 Å². The summed E-state index contributed by atoms with van der Waals surface area (Å²) in [7, 11) is 0. The molecule has 3 aromatic carbocycles. The minimum Gasteiger partial charge on any atom is -0.454 e. The summed E-state index contributed by atoms with van der Waals surface area (Å²) < 4.78 is 12.1. The molecule has 202 valence electrons. The highest BCUT2D eigenvalue weighted by molar-refractivity contribution is 5.96. The molecule has 2 heterocycles. The monoisotopic (exact) mass is 533 g/mol. The Hall–Kier alpha value is -4.65. The molecular weight excluding hydrogens is 502 g/mol. The number of aromatic nitrogens is 2. The Labute approximate surface area is 232 Å². The Morgan fingerprint density at radius 2 is 1.70 bits per heavy atom. The van der Waals surface area contributed by atoms with Crippen molar-refractivity contribution in [3.8, 4) is 33.6 Å². The molecule has 1 fully saturated rings. The van der Waals surface area contributed by atoms with Crippen molar-refractivity contribution in [3.05, 3.63) is 101 Å². The van der Waals surface area contributed by atoms with Gasteiger partial charge in [-0.1, -0.05) is 66.7 Å². The number of para-hydroxylation sites is 1. The Morgan fingerprint density at radius 1 is 0.950 bits per heavy atom. The van der Waals surface area contributed by atoms with Crippen LogP contribution in [0.3, 0.4) is 0 Å². The van der Waals surface area contributed by atoms with E-state index in [-0.39, 0.29) is 5.43 Å². The quantitative estimate of drug-likeness (QED) is 0.245. The van der Waals surface area contributed by atoms with E-state index in [4.69, 9.17) is 9.15 Å². The van der Waals surface area contributed by atoms with Gasteiger partial charge in [0, 0.05) is 22.9 Å². The summed E-state index contributed by atoms with van der Waals surface area (Å²) in [5, 5.41) is 10.5. The third-order valence-corrected chi connectivity index (χ3v) is 7.44. The van der Waals surface area contributed by atoms with Gasteiger partial charge in [-0.15, -0.1) is 0 Å². The number of hydrogen-bond donors (Lipinski definition) is 2. The number of rotatable bonds is 5. The van der Waals surface area contributed by atoms with E-state index < -0.39 is 17.2 Å². The number of hydrogen-bond acceptors (Lipinski definition) is 5. The van der Waals surface area contributed by atoms with Gasteiger partial charge < -0.3 is 14.5 Å². The zero-order valence-corrected chi connectivity index (χ0v) is 22.8. The topological polar surface area (TPSA) is 97.2 Å². The van der Waals surface area contributed by atoms with Crippen molar-refractivity contribution in [3.63, 3.8) is 0 Å². The van der Waals surface area contributed by atoms with Gasteiger partial charge in [0.1, 0.15) is 16.9 Å². The van der Waals surface area contributed by atoms with Crippen molar-refractivity contribution in [2.75, 3.05) is 0 Å². The van der Waals surface area contributed by atoms with Crippen LogP contribution in [0.1, 0.15) is 45.6 Å². The molecule has 0 unspecified atom stereocenters. The van der Waals surface area contributed by atoms with Crippen molar-refractivity contribution in [2.45, 2.75) is 51.2 Å². The van der Waals surface area contributed by atoms with Crippen molar-refractivity contribution < 1.29 is 13.9 Å². The van der Waals surface area contributed by atoms with E-state index in [9.17, 15) is 9.59 Å². The standard InChI is InChI=1S/C33H31N3O4/c1-32(2,3)40-31(38)36-33(17-8-18-33)24-15-13-21(14-16-24)27-28(37)26-12-7-11-25(23-19-34-35-20-23)30(26)39-29(27)22-9-5-4-6-10-22/h4-7,9-16,19-20H,8,17-18H2,1-3H3,(H,34,35)(H,36,38). The highest BCUT2D eigenvalue weighted by Gasteiger charge is 2.41. The summed E-state index contributed by atoms with van der Waals surface area (Å²) in [4.78, 5) is 26.7. The molecule has 5 aromatic rings. The summed E-state index contributed by atoms with van der Waals surface area (Å²) in [5.41, 5.74) is 4.04. The highest BCUT2D eigenvalue weighted by atomic mass is 16.6. The molecule has 7 heteroatoms. The second kappa shape index (κ2) is 9.83. The van der Waals surface area contributed by atoms with Crippen molar-refractivity contribution in [2.24, 2.45) is 0 Å². The summed E-state index contributed by atoms with van der Waals surface area (Å²) in [5.74, 6) is 0.507. The smallest absolute Gasteiger partial charge is 0.408 e. The molecule has 7 nitrogen and oxygen atoms in total. The van der Waals surface area contributed by atoms with Crippen LogP contribution in [-0.2, 0) is 10.3 Å². The maximum absolute atomic E-state index is 14.1. The molecule has 2 N–H and O–H groups in total. The fourth-order valence-electron chi connectivity index (χ4n) is 5.37. The second-order valence-corrected chi connectivity index (χ2v) is 11.3. The van der Waals surface area contributed by atoms with Crippen LogP contribution in [0, 0.1) is 0 Å². The fraction of sp³-hybridized carbons (Fsp3) is 0.242. The number of carbonyl (C=O) groups is 1. The molecule has 0 spiro atoms. The molecule has 0 bridgehead atoms. The SMILES string of the molecule is CC(C)(C)OC(=O)NC1(c2ccc(-c3c(-c4ccccc4)oc4c(-c5cn[nH]c5)cccc4c3=O)cc2)CCC1. The molecule has 1 aliphatic carbocycles. The van der Waals surface area contributed by atoms with Crippen molar-refractivity contribution in [1.82, 2.24) is 15.5 Å². The number of H-pyrrole nitrogens is 1. The molecule has 1 aliphatic rings. The molecule has 1 amide bonds. The second-order valence-electron chi connectivity index (χ2n) is 11.3. The summed E-state index contributed by atoms with van der Waals surface area (Å²) in [6.07, 6.45) is 5.75. The average Bonchev–Trinajstić information content (AvgIpc) is 3.45. The fourth-order valence-corrected chi connectivity index (χ4v) is 5.37. The first kappa shape index (κ1) is 25.6. The molecule has 0 aliphatic heterocycles. The van der Waals surface area contributed by atoms with E-state index in [1.54, 1.807) is 18.5 Å². The number of amides is 1. The first-order valence-electron chi connectivity index (χ1n) is 13.5. The molecule has 40 heavy (non-hydrogen) atoms. The van der Waals surface area contributed by atoms with E-state index >= 15 is 0 Å². The third kappa shape index (κ3) is 4.68. The number of fused-ring (bicyclic) bond motifs is 1. The summed E-state index contributed by atoms with van der Waals surface area (Å²) in [6.45, 7) is 5.56. The normalized spacial score (nSPS) is 14.5. The Morgan fingerprint density at radius 3 is 2.33 bits per heavy atom. The molecule has 0 radical (unpaired) electrons. The summed E-state index contributed by atoms with van der Waals surface area (Å²) >= 11 is 0. The lowest BCUT2D eigenvalue weighted by Crippen LogP contribution is -2.52. The van der Waals surface area contributed by atoms with Gasteiger partial charge in [0.25, 0.3) is 0 Å². The minimum atomic E-state index is -0.575. The average molecular weight is 534 g/mol. The zero-order chi connectivity index (χ0) is 27.9. The van der Waals surface area contributed by atoms with Gasteiger partial charge in [-0.2, -0.15) is 5.10 Å². The highest BCUT2D eigenvalue weighted by Crippen LogP contribution is 2.43. The molecular formula is C33H31N3O4. The Kier molecular flexibility index (Phi) is 6.29. The Bertz CT molecular complexity index is 1730. The predicted octanol–water partition coefficient (Wildman–Crippen LogP) is 7.42. The van der Waals surface area contributed by atoms with Gasteiger partial charge in [-0.25, -0.2) is 4.79 Å². The number of carbonyl (C=O) groups excluding carboxylic acids is 1. The molecule has 0 saturated heterocycles. The van der Waals surface area contributed by atoms with Gasteiger partial charge in [0.2, 0.25) is 5.43 Å². The number of nitrogens with one attached hydrogen (secondary N) is 2. The van der Waals surface area contributed by atoms with Gasteiger partial charge >= 0.3 is 6.09 Å². The van der Waals surface area contributed by atoms with Crippen molar-refractivity contribution >= 4 is 17.1 Å². The van der Waals surface area contributed by atoms with Crippen LogP contribution in [0.5, 0.6) is 0 Å². The first-order valence-corrected chi connectivity index (χ1v) is 13.5. The predicted molar refractivity (Wildman–Crippen MR) is 156 cm³/mol. The first-order chi connectivity index (χ1) is 19.2. The Balaban J connectivity index is 1.46. The maximum Gasteiger partial charge on any atom is 0.408 e. The lowest BCUT2D eigenvalue weighted by molar-refractivity contribution is 0.0377. The van der Waals surface area contributed by atoms with Crippen molar-refractivity contribution in [1.29, 1.82) is 0 Å². The van der Waals surface area contributed by atoms with Crippen LogP contribution in [-0.4, -0.2) is 21.9 Å². The lowest BCUT2D eigenvalue weighted by atomic mass is 9.71. The van der Waals surface area contributed by atoms with Gasteiger partial charge in [0.15, 0.2) is 0 Å². The number of benzene rings is 3. The lowest BCUT2D eigenvalue weighted by Gasteiger charge is -2.43.